The molecule has 0 aliphatic heterocycles. The molecule has 0 fully saturated rings. The summed E-state index contributed by atoms with van der Waals surface area (Å²) in [6.07, 6.45) is 6.08. The predicted octanol–water partition coefficient (Wildman–Crippen LogP) is 1.53. The lowest BCUT2D eigenvalue weighted by atomic mass is 10.2. The molecule has 2 rings (SSSR count). The van der Waals surface area contributed by atoms with Crippen LogP contribution in [-0.2, 0) is 6.42 Å². The summed E-state index contributed by atoms with van der Waals surface area (Å²) in [5.74, 6) is 0. The summed E-state index contributed by atoms with van der Waals surface area (Å²) in [5.41, 5.74) is 8.86. The van der Waals surface area contributed by atoms with Crippen LogP contribution in [0.2, 0.25) is 0 Å². The van der Waals surface area contributed by atoms with E-state index in [1.807, 2.05) is 12.3 Å². The van der Waals surface area contributed by atoms with Crippen LogP contribution in [0.15, 0.2) is 24.5 Å². The molecule has 0 atom stereocenters. The van der Waals surface area contributed by atoms with Crippen molar-refractivity contribution in [2.24, 2.45) is 5.73 Å². The minimum Gasteiger partial charge on any atom is -0.330 e. The Kier molecular flexibility index (Phi) is 2.50. The van der Waals surface area contributed by atoms with Crippen LogP contribution < -0.4 is 5.73 Å². The van der Waals surface area contributed by atoms with Gasteiger partial charge in [-0.2, -0.15) is 0 Å². The molecule has 74 valence electrons. The molecular weight excluding hydrogens is 174 g/mol. The number of hydrogen-bond donors (Lipinski definition) is 1. The average Bonchev–Trinajstić information content (AvgIpc) is 2.59. The molecule has 2 aromatic heterocycles. The van der Waals surface area contributed by atoms with Gasteiger partial charge < -0.3 is 10.1 Å². The molecule has 0 spiro atoms. The summed E-state index contributed by atoms with van der Waals surface area (Å²) in [4.78, 5) is 4.56. The molecule has 0 bridgehead atoms. The van der Waals surface area contributed by atoms with Gasteiger partial charge in [0.25, 0.3) is 0 Å². The monoisotopic (exact) mass is 189 g/mol. The average molecular weight is 189 g/mol. The van der Waals surface area contributed by atoms with Crippen LogP contribution >= 0.6 is 0 Å². The Hall–Kier alpha value is -1.35. The Bertz CT molecular complexity index is 431. The van der Waals surface area contributed by atoms with Crippen LogP contribution in [0.1, 0.15) is 17.7 Å². The molecule has 2 N–H and O–H groups in total. The minimum atomic E-state index is 0.729. The van der Waals surface area contributed by atoms with Crippen LogP contribution in [-0.4, -0.2) is 15.9 Å². The van der Waals surface area contributed by atoms with Gasteiger partial charge in [-0.15, -0.1) is 0 Å². The molecule has 0 radical (unpaired) electrons. The van der Waals surface area contributed by atoms with E-state index in [-0.39, 0.29) is 0 Å². The van der Waals surface area contributed by atoms with Crippen molar-refractivity contribution in [1.29, 1.82) is 0 Å². The van der Waals surface area contributed by atoms with E-state index in [0.717, 1.165) is 30.7 Å². The summed E-state index contributed by atoms with van der Waals surface area (Å²) in [7, 11) is 0. The van der Waals surface area contributed by atoms with Crippen LogP contribution in [0, 0.1) is 6.92 Å². The third-order valence-electron chi connectivity index (χ3n) is 2.36. The Morgan fingerprint density at radius 1 is 1.50 bits per heavy atom. The molecule has 2 aromatic rings. The maximum absolute atomic E-state index is 5.47. The standard InChI is InChI=1S/C11H15N3/c1-9-4-3-7-14-8-10(5-2-6-12)13-11(9)14/h3-4,7-8H,2,5-6,12H2,1H3. The SMILES string of the molecule is Cc1cccn2cc(CCCN)nc12. The van der Waals surface area contributed by atoms with E-state index in [4.69, 9.17) is 5.73 Å². The maximum atomic E-state index is 5.47. The zero-order chi connectivity index (χ0) is 9.97. The van der Waals surface area contributed by atoms with Crippen molar-refractivity contribution in [3.05, 3.63) is 35.8 Å². The predicted molar refractivity (Wildman–Crippen MR) is 57.3 cm³/mol. The van der Waals surface area contributed by atoms with Gasteiger partial charge in [0.2, 0.25) is 0 Å². The molecule has 0 aliphatic rings. The molecule has 0 aromatic carbocycles. The first-order valence-electron chi connectivity index (χ1n) is 4.94. The quantitative estimate of drug-likeness (QED) is 0.795. The number of hydrogen-bond acceptors (Lipinski definition) is 2. The largest absolute Gasteiger partial charge is 0.330 e. The number of fused-ring (bicyclic) bond motifs is 1. The van der Waals surface area contributed by atoms with Gasteiger partial charge in [-0.1, -0.05) is 6.07 Å². The fourth-order valence-electron chi connectivity index (χ4n) is 1.61. The van der Waals surface area contributed by atoms with Gasteiger partial charge >= 0.3 is 0 Å². The summed E-state index contributed by atoms with van der Waals surface area (Å²) < 4.78 is 2.07. The summed E-state index contributed by atoms with van der Waals surface area (Å²) >= 11 is 0. The minimum absolute atomic E-state index is 0.729. The lowest BCUT2D eigenvalue weighted by Gasteiger charge is -1.94. The number of nitrogens with zero attached hydrogens (tertiary/aromatic N) is 2. The molecular formula is C11H15N3. The zero-order valence-electron chi connectivity index (χ0n) is 8.40. The highest BCUT2D eigenvalue weighted by Gasteiger charge is 2.02. The molecule has 0 saturated carbocycles. The van der Waals surface area contributed by atoms with Crippen LogP contribution in [0.25, 0.3) is 5.65 Å². The van der Waals surface area contributed by atoms with E-state index in [2.05, 4.69) is 28.6 Å². The van der Waals surface area contributed by atoms with Crippen molar-refractivity contribution >= 4 is 5.65 Å². The maximum Gasteiger partial charge on any atom is 0.139 e. The summed E-state index contributed by atoms with van der Waals surface area (Å²) in [5, 5.41) is 0. The molecule has 0 unspecified atom stereocenters. The van der Waals surface area contributed by atoms with Gasteiger partial charge in [0.1, 0.15) is 5.65 Å². The zero-order valence-corrected chi connectivity index (χ0v) is 8.40. The van der Waals surface area contributed by atoms with Crippen LogP contribution in [0.3, 0.4) is 0 Å². The third-order valence-corrected chi connectivity index (χ3v) is 2.36. The number of nitrogens with two attached hydrogens (primary N) is 1. The highest BCUT2D eigenvalue weighted by atomic mass is 15.0. The van der Waals surface area contributed by atoms with Crippen molar-refractivity contribution < 1.29 is 0 Å². The first-order valence-corrected chi connectivity index (χ1v) is 4.94. The van der Waals surface area contributed by atoms with Gasteiger partial charge in [-0.05, 0) is 37.9 Å². The van der Waals surface area contributed by atoms with Crippen molar-refractivity contribution in [3.63, 3.8) is 0 Å². The summed E-state index contributed by atoms with van der Waals surface area (Å²) in [6, 6.07) is 4.12. The third kappa shape index (κ3) is 1.63. The van der Waals surface area contributed by atoms with Crippen molar-refractivity contribution in [1.82, 2.24) is 9.38 Å². The lowest BCUT2D eigenvalue weighted by Crippen LogP contribution is -2.00. The first kappa shape index (κ1) is 9.21. The topological polar surface area (TPSA) is 43.3 Å². The Morgan fingerprint density at radius 3 is 3.07 bits per heavy atom. The summed E-state index contributed by atoms with van der Waals surface area (Å²) in [6.45, 7) is 2.81. The Balaban J connectivity index is 2.36. The van der Waals surface area contributed by atoms with Gasteiger partial charge in [-0.25, -0.2) is 4.98 Å². The highest BCUT2D eigenvalue weighted by molar-refractivity contribution is 5.47. The Labute approximate surface area is 83.6 Å². The van der Waals surface area contributed by atoms with Crippen LogP contribution in [0.4, 0.5) is 0 Å². The van der Waals surface area contributed by atoms with E-state index >= 15 is 0 Å². The van der Waals surface area contributed by atoms with E-state index < -0.39 is 0 Å². The molecule has 0 aliphatic carbocycles. The van der Waals surface area contributed by atoms with E-state index in [1.54, 1.807) is 0 Å². The van der Waals surface area contributed by atoms with Gasteiger partial charge in [0.15, 0.2) is 0 Å². The fraction of sp³-hybridized carbons (Fsp3) is 0.364. The molecule has 3 heteroatoms. The smallest absolute Gasteiger partial charge is 0.139 e. The first-order chi connectivity index (χ1) is 6.81. The molecule has 3 nitrogen and oxygen atoms in total. The highest BCUT2D eigenvalue weighted by Crippen LogP contribution is 2.10. The number of rotatable bonds is 3. The second-order valence-corrected chi connectivity index (χ2v) is 3.55. The molecule has 0 saturated heterocycles. The molecule has 0 amide bonds. The van der Waals surface area contributed by atoms with E-state index in [0.29, 0.717) is 0 Å². The molecule has 2 heterocycles. The normalized spacial score (nSPS) is 11.0. The fourth-order valence-corrected chi connectivity index (χ4v) is 1.61. The van der Waals surface area contributed by atoms with Crippen LogP contribution in [0.5, 0.6) is 0 Å². The second kappa shape index (κ2) is 3.80. The number of pyridine rings is 1. The second-order valence-electron chi connectivity index (χ2n) is 3.55. The van der Waals surface area contributed by atoms with Gasteiger partial charge in [0, 0.05) is 12.4 Å². The Morgan fingerprint density at radius 2 is 2.36 bits per heavy atom. The van der Waals surface area contributed by atoms with E-state index in [9.17, 15) is 0 Å². The van der Waals surface area contributed by atoms with Gasteiger partial charge in [-0.3, -0.25) is 0 Å². The van der Waals surface area contributed by atoms with E-state index in [1.165, 1.54) is 5.56 Å². The lowest BCUT2D eigenvalue weighted by molar-refractivity contribution is 0.816. The van der Waals surface area contributed by atoms with Crippen molar-refractivity contribution in [3.8, 4) is 0 Å². The number of aryl methyl sites for hydroxylation is 2. The number of aromatic nitrogens is 2. The van der Waals surface area contributed by atoms with Gasteiger partial charge in [0.05, 0.1) is 5.69 Å². The van der Waals surface area contributed by atoms with Crippen molar-refractivity contribution in [2.75, 3.05) is 6.54 Å². The van der Waals surface area contributed by atoms with Crippen molar-refractivity contribution in [2.45, 2.75) is 19.8 Å². The molecule has 14 heavy (non-hydrogen) atoms. The number of imidazole rings is 1.